The molecule has 0 spiro atoms. The van der Waals surface area contributed by atoms with Crippen LogP contribution < -0.4 is 4.72 Å². The molecule has 0 saturated heterocycles. The van der Waals surface area contributed by atoms with E-state index < -0.39 is 15.9 Å². The van der Waals surface area contributed by atoms with Gasteiger partial charge in [0.25, 0.3) is 15.9 Å². The first-order chi connectivity index (χ1) is 8.92. The molecule has 2 aromatic carbocycles. The second-order valence-corrected chi connectivity index (χ2v) is 5.84. The van der Waals surface area contributed by atoms with Gasteiger partial charge in [-0.25, -0.2) is 13.1 Å². The molecule has 2 aromatic rings. The Bertz CT molecular complexity index is 758. The molecule has 0 radical (unpaired) electrons. The van der Waals surface area contributed by atoms with Crippen LogP contribution in [0.3, 0.4) is 0 Å². The van der Waals surface area contributed by atoms with Crippen LogP contribution in [0.2, 0.25) is 0 Å². The van der Waals surface area contributed by atoms with Gasteiger partial charge in [-0.15, -0.1) is 0 Å². The fraction of sp³-hybridized carbons (Fsp3) is 0.0714. The van der Waals surface area contributed by atoms with Crippen LogP contribution in [0.15, 0.2) is 59.5 Å². The van der Waals surface area contributed by atoms with E-state index in [1.165, 1.54) is 13.0 Å². The number of benzene rings is 2. The van der Waals surface area contributed by atoms with Crippen molar-refractivity contribution in [2.45, 2.75) is 11.8 Å². The molecule has 0 unspecified atom stereocenters. The molecule has 2 rings (SSSR count). The molecule has 0 atom stereocenters. The quantitative estimate of drug-likeness (QED) is 0.874. The molecule has 98 valence electrons. The topological polar surface area (TPSA) is 63.2 Å². The van der Waals surface area contributed by atoms with Crippen molar-refractivity contribution in [3.63, 3.8) is 0 Å². The lowest BCUT2D eigenvalue weighted by Gasteiger charge is -2.09. The third kappa shape index (κ3) is 2.66. The van der Waals surface area contributed by atoms with Gasteiger partial charge >= 0.3 is 0 Å². The largest absolute Gasteiger partial charge is 0.269 e. The summed E-state index contributed by atoms with van der Waals surface area (Å²) in [7, 11) is -3.89. The molecule has 0 saturated carbocycles. The molecular formula is C14H13NO3S. The third-order valence-electron chi connectivity index (χ3n) is 2.65. The van der Waals surface area contributed by atoms with Crippen molar-refractivity contribution in [3.05, 3.63) is 54.6 Å². The van der Waals surface area contributed by atoms with Crippen LogP contribution in [-0.4, -0.2) is 14.3 Å². The normalized spacial score (nSPS) is 11.2. The van der Waals surface area contributed by atoms with Crippen molar-refractivity contribution in [1.82, 2.24) is 4.72 Å². The minimum absolute atomic E-state index is 0.0835. The van der Waals surface area contributed by atoms with Gasteiger partial charge in [0.1, 0.15) is 0 Å². The summed E-state index contributed by atoms with van der Waals surface area (Å²) in [6, 6.07) is 12.0. The molecule has 4 nitrogen and oxygen atoms in total. The Kier molecular flexibility index (Phi) is 3.40. The number of sulfonamides is 1. The third-order valence-corrected chi connectivity index (χ3v) is 4.04. The lowest BCUT2D eigenvalue weighted by Crippen LogP contribution is -2.30. The Morgan fingerprint density at radius 2 is 1.74 bits per heavy atom. The fourth-order valence-corrected chi connectivity index (χ4v) is 2.96. The van der Waals surface area contributed by atoms with Crippen LogP contribution in [0.5, 0.6) is 0 Å². The van der Waals surface area contributed by atoms with E-state index in [0.29, 0.717) is 5.39 Å². The maximum absolute atomic E-state index is 12.2. The molecule has 0 aliphatic heterocycles. The average Bonchev–Trinajstić information content (AvgIpc) is 2.37. The summed E-state index contributed by atoms with van der Waals surface area (Å²) in [6.07, 6.45) is 0. The fourth-order valence-electron chi connectivity index (χ4n) is 1.69. The summed E-state index contributed by atoms with van der Waals surface area (Å²) >= 11 is 0. The van der Waals surface area contributed by atoms with Crippen LogP contribution >= 0.6 is 0 Å². The SMILES string of the molecule is C=C(C)C(=O)NS(=O)(=O)c1cccc2ccccc12. The van der Waals surface area contributed by atoms with Crippen molar-refractivity contribution >= 4 is 26.7 Å². The van der Waals surface area contributed by atoms with E-state index in [4.69, 9.17) is 0 Å². The molecule has 5 heteroatoms. The van der Waals surface area contributed by atoms with E-state index in [-0.39, 0.29) is 10.5 Å². The summed E-state index contributed by atoms with van der Waals surface area (Å²) in [4.78, 5) is 11.6. The van der Waals surface area contributed by atoms with Gasteiger partial charge in [0.05, 0.1) is 4.90 Å². The Hall–Kier alpha value is -2.14. The first kappa shape index (κ1) is 13.3. The maximum Gasteiger partial charge on any atom is 0.264 e. The molecule has 0 aliphatic rings. The number of nitrogens with one attached hydrogen (secondary N) is 1. The number of rotatable bonds is 3. The molecule has 0 heterocycles. The minimum atomic E-state index is -3.89. The number of carbonyl (C=O) groups excluding carboxylic acids is 1. The van der Waals surface area contributed by atoms with E-state index in [9.17, 15) is 13.2 Å². The zero-order valence-corrected chi connectivity index (χ0v) is 11.2. The van der Waals surface area contributed by atoms with Gasteiger partial charge in [-0.1, -0.05) is 43.0 Å². The molecule has 0 aliphatic carbocycles. The van der Waals surface area contributed by atoms with E-state index in [1.54, 1.807) is 18.2 Å². The molecule has 0 fully saturated rings. The zero-order chi connectivity index (χ0) is 14.0. The predicted octanol–water partition coefficient (Wildman–Crippen LogP) is 2.22. The van der Waals surface area contributed by atoms with Gasteiger partial charge in [0, 0.05) is 11.0 Å². The Morgan fingerprint density at radius 3 is 2.42 bits per heavy atom. The first-order valence-corrected chi connectivity index (χ1v) is 7.10. The summed E-state index contributed by atoms with van der Waals surface area (Å²) in [5, 5.41) is 1.38. The molecular weight excluding hydrogens is 262 g/mol. The highest BCUT2D eigenvalue weighted by Crippen LogP contribution is 2.22. The monoisotopic (exact) mass is 275 g/mol. The van der Waals surface area contributed by atoms with E-state index in [1.807, 2.05) is 22.9 Å². The Morgan fingerprint density at radius 1 is 1.11 bits per heavy atom. The Labute approximate surface area is 111 Å². The lowest BCUT2D eigenvalue weighted by atomic mass is 10.1. The number of amides is 1. The van der Waals surface area contributed by atoms with E-state index in [0.717, 1.165) is 5.39 Å². The van der Waals surface area contributed by atoms with Gasteiger partial charge < -0.3 is 0 Å². The van der Waals surface area contributed by atoms with Gasteiger partial charge in [0.2, 0.25) is 0 Å². The molecule has 1 N–H and O–H groups in total. The zero-order valence-electron chi connectivity index (χ0n) is 10.4. The summed E-state index contributed by atoms with van der Waals surface area (Å²) in [6.45, 7) is 4.87. The highest BCUT2D eigenvalue weighted by molar-refractivity contribution is 7.90. The second kappa shape index (κ2) is 4.85. The summed E-state index contributed by atoms with van der Waals surface area (Å²) < 4.78 is 26.4. The van der Waals surface area contributed by atoms with Gasteiger partial charge in [0.15, 0.2) is 0 Å². The second-order valence-electron chi connectivity index (χ2n) is 4.19. The van der Waals surface area contributed by atoms with E-state index >= 15 is 0 Å². The first-order valence-electron chi connectivity index (χ1n) is 5.62. The molecule has 0 aromatic heterocycles. The van der Waals surface area contributed by atoms with Crippen LogP contribution in [0, 0.1) is 0 Å². The number of hydrogen-bond acceptors (Lipinski definition) is 3. The molecule has 19 heavy (non-hydrogen) atoms. The van der Waals surface area contributed by atoms with Gasteiger partial charge in [-0.2, -0.15) is 0 Å². The maximum atomic E-state index is 12.2. The van der Waals surface area contributed by atoms with Gasteiger partial charge in [-0.05, 0) is 18.4 Å². The highest BCUT2D eigenvalue weighted by Gasteiger charge is 2.19. The average molecular weight is 275 g/mol. The smallest absolute Gasteiger partial charge is 0.264 e. The number of fused-ring (bicyclic) bond motifs is 1. The number of carbonyl (C=O) groups is 1. The molecule has 1 amide bonds. The predicted molar refractivity (Wildman–Crippen MR) is 74.1 cm³/mol. The highest BCUT2D eigenvalue weighted by atomic mass is 32.2. The van der Waals surface area contributed by atoms with Crippen LogP contribution in [0.25, 0.3) is 10.8 Å². The van der Waals surface area contributed by atoms with Gasteiger partial charge in [-0.3, -0.25) is 4.79 Å². The summed E-state index contributed by atoms with van der Waals surface area (Å²) in [5.74, 6) is -0.701. The molecule has 0 bridgehead atoms. The van der Waals surface area contributed by atoms with Crippen molar-refractivity contribution in [3.8, 4) is 0 Å². The van der Waals surface area contributed by atoms with Crippen molar-refractivity contribution in [2.24, 2.45) is 0 Å². The number of hydrogen-bond donors (Lipinski definition) is 1. The van der Waals surface area contributed by atoms with Crippen molar-refractivity contribution in [2.75, 3.05) is 0 Å². The summed E-state index contributed by atoms with van der Waals surface area (Å²) in [5.41, 5.74) is 0.142. The van der Waals surface area contributed by atoms with Crippen LogP contribution in [-0.2, 0) is 14.8 Å². The lowest BCUT2D eigenvalue weighted by molar-refractivity contribution is -0.115. The van der Waals surface area contributed by atoms with Crippen molar-refractivity contribution in [1.29, 1.82) is 0 Å². The standard InChI is InChI=1S/C14H13NO3S/c1-10(2)14(16)15-19(17,18)13-9-5-7-11-6-3-4-8-12(11)13/h3-9H,1H2,2H3,(H,15,16). The van der Waals surface area contributed by atoms with E-state index in [2.05, 4.69) is 6.58 Å². The minimum Gasteiger partial charge on any atom is -0.269 e. The van der Waals surface area contributed by atoms with Crippen LogP contribution in [0.4, 0.5) is 0 Å². The van der Waals surface area contributed by atoms with Crippen molar-refractivity contribution < 1.29 is 13.2 Å². The Balaban J connectivity index is 2.55. The van der Waals surface area contributed by atoms with Crippen LogP contribution in [0.1, 0.15) is 6.92 Å².